The highest BCUT2D eigenvalue weighted by Crippen LogP contribution is 2.28. The third-order valence-electron chi connectivity index (χ3n) is 4.90. The quantitative estimate of drug-likeness (QED) is 0.917. The summed E-state index contributed by atoms with van der Waals surface area (Å²) >= 11 is 0. The Morgan fingerprint density at radius 2 is 1.91 bits per heavy atom. The van der Waals surface area contributed by atoms with Crippen molar-refractivity contribution in [1.82, 2.24) is 9.97 Å². The molecule has 1 amide bonds. The zero-order valence-corrected chi connectivity index (χ0v) is 13.2. The van der Waals surface area contributed by atoms with Gasteiger partial charge in [0.2, 0.25) is 5.91 Å². The first-order chi connectivity index (χ1) is 10.6. The maximum absolute atomic E-state index is 11.5. The molecule has 6 nitrogen and oxygen atoms in total. The average Bonchev–Trinajstić information content (AvgIpc) is 2.56. The van der Waals surface area contributed by atoms with E-state index in [9.17, 15) is 4.79 Å². The Bertz CT molecular complexity index is 529. The molecule has 2 aliphatic rings. The second-order valence-corrected chi connectivity index (χ2v) is 6.46. The number of piperidine rings is 2. The lowest BCUT2D eigenvalue weighted by molar-refractivity contribution is -0.122. The molecule has 0 radical (unpaired) electrons. The van der Waals surface area contributed by atoms with Crippen LogP contribution in [-0.2, 0) is 4.79 Å². The van der Waals surface area contributed by atoms with Gasteiger partial charge < -0.3 is 15.5 Å². The van der Waals surface area contributed by atoms with Crippen LogP contribution in [0, 0.1) is 5.92 Å². The van der Waals surface area contributed by atoms with Gasteiger partial charge in [-0.15, -0.1) is 0 Å². The molecule has 0 aliphatic carbocycles. The largest absolute Gasteiger partial charge is 0.369 e. The highest BCUT2D eigenvalue weighted by molar-refractivity contribution is 5.77. The van der Waals surface area contributed by atoms with Crippen LogP contribution in [0.1, 0.15) is 39.0 Å². The van der Waals surface area contributed by atoms with Gasteiger partial charge in [-0.1, -0.05) is 0 Å². The Morgan fingerprint density at radius 3 is 2.64 bits per heavy atom. The molecular formula is C16H25N5O. The lowest BCUT2D eigenvalue weighted by atomic mass is 9.93. The van der Waals surface area contributed by atoms with E-state index < -0.39 is 0 Å². The van der Waals surface area contributed by atoms with E-state index in [4.69, 9.17) is 5.73 Å². The van der Waals surface area contributed by atoms with Gasteiger partial charge in [0.15, 0.2) is 0 Å². The van der Waals surface area contributed by atoms with Gasteiger partial charge in [0, 0.05) is 31.7 Å². The van der Waals surface area contributed by atoms with Crippen molar-refractivity contribution in [3.63, 3.8) is 0 Å². The minimum absolute atomic E-state index is 0.0791. The summed E-state index contributed by atoms with van der Waals surface area (Å²) in [5.74, 6) is 1.62. The average molecular weight is 303 g/mol. The first kappa shape index (κ1) is 15.1. The zero-order valence-electron chi connectivity index (χ0n) is 13.2. The normalized spacial score (nSPS) is 26.0. The minimum Gasteiger partial charge on any atom is -0.369 e. The number of carbonyl (C=O) groups is 1. The Kier molecular flexibility index (Phi) is 4.45. The predicted octanol–water partition coefficient (Wildman–Crippen LogP) is 1.56. The van der Waals surface area contributed by atoms with E-state index in [0.717, 1.165) is 37.6 Å². The van der Waals surface area contributed by atoms with Gasteiger partial charge in [-0.2, -0.15) is 0 Å². The number of nitrogens with two attached hydrogens (primary N) is 1. The molecule has 3 heterocycles. The number of nitrogens with zero attached hydrogens (tertiary/aromatic N) is 4. The fourth-order valence-corrected chi connectivity index (χ4v) is 3.45. The number of aromatic nitrogens is 2. The smallest absolute Gasteiger partial charge is 0.222 e. The lowest BCUT2D eigenvalue weighted by Crippen LogP contribution is -2.46. The van der Waals surface area contributed by atoms with Gasteiger partial charge in [0.25, 0.3) is 0 Å². The van der Waals surface area contributed by atoms with Gasteiger partial charge >= 0.3 is 0 Å². The molecule has 0 aromatic carbocycles. The van der Waals surface area contributed by atoms with E-state index in [2.05, 4.69) is 32.8 Å². The number of hydrogen-bond acceptors (Lipinski definition) is 5. The first-order valence-electron chi connectivity index (χ1n) is 8.28. The van der Waals surface area contributed by atoms with E-state index in [1.807, 2.05) is 0 Å². The van der Waals surface area contributed by atoms with Crippen molar-refractivity contribution in [3.8, 4) is 0 Å². The van der Waals surface area contributed by atoms with Crippen LogP contribution < -0.4 is 15.5 Å². The van der Waals surface area contributed by atoms with Gasteiger partial charge in [0.1, 0.15) is 18.0 Å². The molecule has 120 valence electrons. The number of anilines is 2. The van der Waals surface area contributed by atoms with Crippen molar-refractivity contribution in [1.29, 1.82) is 0 Å². The van der Waals surface area contributed by atoms with Crippen molar-refractivity contribution in [2.45, 2.75) is 45.1 Å². The van der Waals surface area contributed by atoms with Crippen LogP contribution >= 0.6 is 0 Å². The molecule has 2 fully saturated rings. The van der Waals surface area contributed by atoms with E-state index in [-0.39, 0.29) is 11.8 Å². The highest BCUT2D eigenvalue weighted by Gasteiger charge is 2.29. The van der Waals surface area contributed by atoms with Crippen LogP contribution in [0.3, 0.4) is 0 Å². The molecular weight excluding hydrogens is 278 g/mol. The number of primary amides is 1. The van der Waals surface area contributed by atoms with Gasteiger partial charge in [0.05, 0.1) is 5.92 Å². The van der Waals surface area contributed by atoms with E-state index in [1.54, 1.807) is 6.33 Å². The third-order valence-corrected chi connectivity index (χ3v) is 4.90. The van der Waals surface area contributed by atoms with Crippen LogP contribution in [0.25, 0.3) is 0 Å². The number of amides is 1. The first-order valence-corrected chi connectivity index (χ1v) is 8.28. The molecule has 1 aromatic heterocycles. The molecule has 22 heavy (non-hydrogen) atoms. The topological polar surface area (TPSA) is 75.4 Å². The summed E-state index contributed by atoms with van der Waals surface area (Å²) in [5.41, 5.74) is 5.49. The van der Waals surface area contributed by atoms with Crippen molar-refractivity contribution in [3.05, 3.63) is 12.4 Å². The summed E-state index contributed by atoms with van der Waals surface area (Å²) in [4.78, 5) is 24.9. The van der Waals surface area contributed by atoms with E-state index >= 15 is 0 Å². The van der Waals surface area contributed by atoms with Gasteiger partial charge in [-0.3, -0.25) is 4.79 Å². The van der Waals surface area contributed by atoms with Gasteiger partial charge in [-0.05, 0) is 39.0 Å². The van der Waals surface area contributed by atoms with Crippen LogP contribution in [0.2, 0.25) is 0 Å². The standard InChI is InChI=1S/C16H25N5O/c1-12-5-6-13(16(17)22)10-21(12)15-9-14(18-11-19-15)20-7-3-2-4-8-20/h9,11-13H,2-8,10H2,1H3,(H2,17,22). The minimum atomic E-state index is -0.206. The third kappa shape index (κ3) is 3.15. The van der Waals surface area contributed by atoms with Crippen LogP contribution in [0.4, 0.5) is 11.6 Å². The van der Waals surface area contributed by atoms with Crippen LogP contribution in [-0.4, -0.2) is 41.6 Å². The Labute approximate surface area is 131 Å². The second-order valence-electron chi connectivity index (χ2n) is 6.46. The van der Waals surface area contributed by atoms with E-state index in [0.29, 0.717) is 12.6 Å². The zero-order chi connectivity index (χ0) is 15.5. The maximum atomic E-state index is 11.5. The molecule has 2 saturated heterocycles. The summed E-state index contributed by atoms with van der Waals surface area (Å²) < 4.78 is 0. The molecule has 0 spiro atoms. The number of rotatable bonds is 3. The summed E-state index contributed by atoms with van der Waals surface area (Å²) in [7, 11) is 0. The summed E-state index contributed by atoms with van der Waals surface area (Å²) in [6.45, 7) is 4.97. The maximum Gasteiger partial charge on any atom is 0.222 e. The SMILES string of the molecule is CC1CCC(C(N)=O)CN1c1cc(N2CCCCC2)ncn1. The molecule has 3 rings (SSSR count). The van der Waals surface area contributed by atoms with Crippen molar-refractivity contribution in [2.75, 3.05) is 29.4 Å². The van der Waals surface area contributed by atoms with Crippen molar-refractivity contribution >= 4 is 17.5 Å². The summed E-state index contributed by atoms with van der Waals surface area (Å²) in [6, 6.07) is 2.44. The molecule has 1 aromatic rings. The summed E-state index contributed by atoms with van der Waals surface area (Å²) in [6.07, 6.45) is 7.23. The second kappa shape index (κ2) is 6.50. The molecule has 0 bridgehead atoms. The molecule has 6 heteroatoms. The molecule has 2 unspecified atom stereocenters. The lowest BCUT2D eigenvalue weighted by Gasteiger charge is -2.38. The Hall–Kier alpha value is -1.85. The van der Waals surface area contributed by atoms with Crippen LogP contribution in [0.5, 0.6) is 0 Å². The summed E-state index contributed by atoms with van der Waals surface area (Å²) in [5, 5.41) is 0. The highest BCUT2D eigenvalue weighted by atomic mass is 16.1. The fraction of sp³-hybridized carbons (Fsp3) is 0.688. The molecule has 2 aliphatic heterocycles. The van der Waals surface area contributed by atoms with Crippen LogP contribution in [0.15, 0.2) is 12.4 Å². The molecule has 2 N–H and O–H groups in total. The van der Waals surface area contributed by atoms with Crippen molar-refractivity contribution in [2.24, 2.45) is 11.7 Å². The number of hydrogen-bond donors (Lipinski definition) is 1. The number of carbonyl (C=O) groups excluding carboxylic acids is 1. The van der Waals surface area contributed by atoms with Crippen molar-refractivity contribution < 1.29 is 4.79 Å². The molecule has 2 atom stereocenters. The van der Waals surface area contributed by atoms with Gasteiger partial charge in [-0.25, -0.2) is 9.97 Å². The predicted molar refractivity (Wildman–Crippen MR) is 86.8 cm³/mol. The Balaban J connectivity index is 1.79. The molecule has 0 saturated carbocycles. The monoisotopic (exact) mass is 303 g/mol. The Morgan fingerprint density at radius 1 is 1.18 bits per heavy atom. The fourth-order valence-electron chi connectivity index (χ4n) is 3.45. The van der Waals surface area contributed by atoms with E-state index in [1.165, 1.54) is 19.3 Å².